The molecular weight excluding hydrogens is 182 g/mol. The van der Waals surface area contributed by atoms with Crippen molar-refractivity contribution < 1.29 is 9.53 Å². The van der Waals surface area contributed by atoms with Crippen molar-refractivity contribution in [3.63, 3.8) is 0 Å². The number of carbonyl (C=O) groups excluding carboxylic acids is 1. The van der Waals surface area contributed by atoms with Gasteiger partial charge in [0, 0.05) is 5.69 Å². The fourth-order valence-corrected chi connectivity index (χ4v) is 1.77. The molecule has 5 nitrogen and oxygen atoms in total. The summed E-state index contributed by atoms with van der Waals surface area (Å²) in [7, 11) is 0. The molecule has 0 spiro atoms. The van der Waals surface area contributed by atoms with Gasteiger partial charge in [-0.05, 0) is 18.6 Å². The molecule has 1 aliphatic rings. The lowest BCUT2D eigenvalue weighted by molar-refractivity contribution is -0.134. The number of aryl methyl sites for hydroxylation is 1. The molecule has 3 heterocycles. The Morgan fingerprint density at radius 2 is 2.43 bits per heavy atom. The molecule has 0 saturated carbocycles. The Balaban J connectivity index is 2.46. The molecule has 0 aromatic carbocycles. The highest BCUT2D eigenvalue weighted by molar-refractivity contribution is 5.85. The molecule has 0 atom stereocenters. The first-order valence-corrected chi connectivity index (χ1v) is 4.28. The Kier molecular flexibility index (Phi) is 1.24. The van der Waals surface area contributed by atoms with E-state index in [2.05, 4.69) is 10.1 Å². The minimum absolute atomic E-state index is 0.260. The van der Waals surface area contributed by atoms with Gasteiger partial charge < -0.3 is 4.74 Å². The van der Waals surface area contributed by atoms with Gasteiger partial charge in [-0.25, -0.2) is 4.52 Å². The van der Waals surface area contributed by atoms with Crippen molar-refractivity contribution in [1.82, 2.24) is 14.6 Å². The predicted molar refractivity (Wildman–Crippen MR) is 47.1 cm³/mol. The van der Waals surface area contributed by atoms with Crippen LogP contribution in [0, 0.1) is 6.92 Å². The molecule has 0 fully saturated rings. The molecule has 0 radical (unpaired) electrons. The molecule has 0 unspecified atom stereocenters. The fraction of sp³-hybridized carbons (Fsp3) is 0.222. The summed E-state index contributed by atoms with van der Waals surface area (Å²) < 4.78 is 6.75. The zero-order chi connectivity index (χ0) is 9.71. The molecule has 70 valence electrons. The molecule has 2 aromatic rings. The number of esters is 1. The van der Waals surface area contributed by atoms with Crippen molar-refractivity contribution in [2.45, 2.75) is 13.3 Å². The van der Waals surface area contributed by atoms with Gasteiger partial charge in [0.2, 0.25) is 0 Å². The zero-order valence-electron chi connectivity index (χ0n) is 7.52. The van der Waals surface area contributed by atoms with Crippen LogP contribution in [0.5, 0.6) is 5.88 Å². The Labute approximate surface area is 79.3 Å². The first-order valence-electron chi connectivity index (χ1n) is 4.28. The van der Waals surface area contributed by atoms with E-state index in [-0.39, 0.29) is 5.97 Å². The van der Waals surface area contributed by atoms with E-state index in [1.807, 2.05) is 13.0 Å². The van der Waals surface area contributed by atoms with Crippen molar-refractivity contribution in [3.05, 3.63) is 23.7 Å². The molecular formula is C9H7N3O2. The molecule has 0 aliphatic carbocycles. The van der Waals surface area contributed by atoms with Crippen LogP contribution in [0.4, 0.5) is 0 Å². The molecule has 1 aliphatic heterocycles. The van der Waals surface area contributed by atoms with E-state index in [0.717, 1.165) is 16.8 Å². The highest BCUT2D eigenvalue weighted by Crippen LogP contribution is 2.27. The maximum Gasteiger partial charge on any atom is 0.317 e. The van der Waals surface area contributed by atoms with Gasteiger partial charge in [-0.1, -0.05) is 0 Å². The van der Waals surface area contributed by atoms with Crippen molar-refractivity contribution >= 4 is 11.5 Å². The average Bonchev–Trinajstić information content (AvgIpc) is 2.45. The van der Waals surface area contributed by atoms with Gasteiger partial charge in [0.25, 0.3) is 5.88 Å². The number of carbonyl (C=O) groups is 1. The number of rotatable bonds is 0. The van der Waals surface area contributed by atoms with Crippen LogP contribution in [0.25, 0.3) is 5.52 Å². The quantitative estimate of drug-likeness (QED) is 0.566. The van der Waals surface area contributed by atoms with Crippen molar-refractivity contribution in [3.8, 4) is 5.88 Å². The van der Waals surface area contributed by atoms with Crippen LogP contribution in [0.2, 0.25) is 0 Å². The van der Waals surface area contributed by atoms with Crippen LogP contribution in [0.15, 0.2) is 12.4 Å². The predicted octanol–water partition coefficient (Wildman–Crippen LogP) is 0.499. The molecule has 0 amide bonds. The third-order valence-electron chi connectivity index (χ3n) is 2.32. The molecule has 5 heteroatoms. The Bertz CT molecular complexity index is 544. The van der Waals surface area contributed by atoms with E-state index in [0.29, 0.717) is 12.3 Å². The second-order valence-electron chi connectivity index (χ2n) is 3.29. The standard InChI is InChI=1S/C9H7N3O2/c1-5-2-6-3-7(13)14-9-8(6)12(5)11-4-10-9/h2,4H,3H2,1H3. The SMILES string of the molecule is Cc1cc2c3c(ncnn13)OC(=O)C2. The van der Waals surface area contributed by atoms with E-state index < -0.39 is 0 Å². The molecule has 0 bridgehead atoms. The van der Waals surface area contributed by atoms with Gasteiger partial charge in [0.15, 0.2) is 0 Å². The summed E-state index contributed by atoms with van der Waals surface area (Å²) in [6.07, 6.45) is 1.69. The first kappa shape index (κ1) is 7.49. The molecule has 3 rings (SSSR count). The smallest absolute Gasteiger partial charge is 0.317 e. The molecule has 0 saturated heterocycles. The summed E-state index contributed by atoms with van der Waals surface area (Å²) >= 11 is 0. The van der Waals surface area contributed by atoms with Gasteiger partial charge in [0.1, 0.15) is 11.8 Å². The minimum atomic E-state index is -0.260. The van der Waals surface area contributed by atoms with Crippen molar-refractivity contribution in [2.24, 2.45) is 0 Å². The highest BCUT2D eigenvalue weighted by Gasteiger charge is 2.23. The number of aromatic nitrogens is 3. The third-order valence-corrected chi connectivity index (χ3v) is 2.32. The monoisotopic (exact) mass is 189 g/mol. The zero-order valence-corrected chi connectivity index (χ0v) is 7.52. The van der Waals surface area contributed by atoms with Gasteiger partial charge in [-0.15, -0.1) is 0 Å². The summed E-state index contributed by atoms with van der Waals surface area (Å²) in [5, 5.41) is 4.08. The van der Waals surface area contributed by atoms with Crippen molar-refractivity contribution in [2.75, 3.05) is 0 Å². The second kappa shape index (κ2) is 2.31. The second-order valence-corrected chi connectivity index (χ2v) is 3.29. The minimum Gasteiger partial charge on any atom is -0.405 e. The van der Waals surface area contributed by atoms with Crippen LogP contribution >= 0.6 is 0 Å². The lowest BCUT2D eigenvalue weighted by Crippen LogP contribution is -2.17. The van der Waals surface area contributed by atoms with E-state index in [9.17, 15) is 4.79 Å². The van der Waals surface area contributed by atoms with E-state index in [4.69, 9.17) is 4.74 Å². The molecule has 14 heavy (non-hydrogen) atoms. The number of nitrogens with zero attached hydrogens (tertiary/aromatic N) is 3. The number of hydrogen-bond donors (Lipinski definition) is 0. The Hall–Kier alpha value is -1.91. The maximum absolute atomic E-state index is 11.2. The maximum atomic E-state index is 11.2. The van der Waals surface area contributed by atoms with Gasteiger partial charge in [0.05, 0.1) is 6.42 Å². The van der Waals surface area contributed by atoms with Gasteiger partial charge >= 0.3 is 5.97 Å². The lowest BCUT2D eigenvalue weighted by Gasteiger charge is -2.10. The van der Waals surface area contributed by atoms with Crippen LogP contribution < -0.4 is 4.74 Å². The van der Waals surface area contributed by atoms with E-state index >= 15 is 0 Å². The largest absolute Gasteiger partial charge is 0.405 e. The van der Waals surface area contributed by atoms with Gasteiger partial charge in [-0.3, -0.25) is 4.79 Å². The Morgan fingerprint density at radius 3 is 3.29 bits per heavy atom. The topological polar surface area (TPSA) is 56.5 Å². The normalized spacial score (nSPS) is 14.5. The van der Waals surface area contributed by atoms with Gasteiger partial charge in [-0.2, -0.15) is 10.1 Å². The lowest BCUT2D eigenvalue weighted by atomic mass is 10.2. The summed E-state index contributed by atoms with van der Waals surface area (Å²) in [6.45, 7) is 1.93. The summed E-state index contributed by atoms with van der Waals surface area (Å²) in [4.78, 5) is 15.1. The number of ether oxygens (including phenoxy) is 1. The highest BCUT2D eigenvalue weighted by atomic mass is 16.5. The van der Waals surface area contributed by atoms with Crippen molar-refractivity contribution in [1.29, 1.82) is 0 Å². The fourth-order valence-electron chi connectivity index (χ4n) is 1.77. The average molecular weight is 189 g/mol. The summed E-state index contributed by atoms with van der Waals surface area (Å²) in [5.74, 6) is 0.100. The number of hydrogen-bond acceptors (Lipinski definition) is 4. The van der Waals surface area contributed by atoms with Crippen LogP contribution in [0.1, 0.15) is 11.3 Å². The summed E-state index contributed by atoms with van der Waals surface area (Å²) in [6, 6.07) is 1.94. The van der Waals surface area contributed by atoms with Crippen LogP contribution in [-0.4, -0.2) is 20.6 Å². The Morgan fingerprint density at radius 1 is 1.57 bits per heavy atom. The van der Waals surface area contributed by atoms with Crippen LogP contribution in [0.3, 0.4) is 0 Å². The molecule has 0 N–H and O–H groups in total. The third kappa shape index (κ3) is 0.810. The molecule has 2 aromatic heterocycles. The first-order chi connectivity index (χ1) is 6.75. The van der Waals surface area contributed by atoms with Crippen LogP contribution in [-0.2, 0) is 11.2 Å². The summed E-state index contributed by atoms with van der Waals surface area (Å²) in [5.41, 5.74) is 2.73. The van der Waals surface area contributed by atoms with E-state index in [1.54, 1.807) is 4.52 Å². The van der Waals surface area contributed by atoms with E-state index in [1.165, 1.54) is 6.33 Å².